The average molecular weight is 343 g/mol. The topological polar surface area (TPSA) is 71.5 Å². The van der Waals surface area contributed by atoms with Gasteiger partial charge < -0.3 is 0 Å². The SMILES string of the molecule is CC(C)CS(=O)(=O)C1CN(S(=O)(=O)/C=C/c2ccccc2)C1. The molecule has 1 aromatic carbocycles. The lowest BCUT2D eigenvalue weighted by molar-refractivity contribution is 0.313. The van der Waals surface area contributed by atoms with Gasteiger partial charge in [-0.1, -0.05) is 44.2 Å². The number of hydrogen-bond donors (Lipinski definition) is 0. The van der Waals surface area contributed by atoms with Crippen LogP contribution in [-0.4, -0.2) is 45.2 Å². The van der Waals surface area contributed by atoms with Crippen molar-refractivity contribution < 1.29 is 16.8 Å². The molecule has 1 aromatic rings. The summed E-state index contributed by atoms with van der Waals surface area (Å²) >= 11 is 0. The molecule has 0 N–H and O–H groups in total. The molecular weight excluding hydrogens is 322 g/mol. The van der Waals surface area contributed by atoms with Crippen LogP contribution < -0.4 is 0 Å². The van der Waals surface area contributed by atoms with Crippen LogP contribution in [0.2, 0.25) is 0 Å². The highest BCUT2D eigenvalue weighted by Gasteiger charge is 2.42. The predicted molar refractivity (Wildman–Crippen MR) is 88.4 cm³/mol. The minimum atomic E-state index is -3.56. The molecule has 7 heteroatoms. The Morgan fingerprint density at radius 3 is 2.27 bits per heavy atom. The van der Waals surface area contributed by atoms with Crippen molar-refractivity contribution in [1.82, 2.24) is 4.31 Å². The standard InChI is InChI=1S/C15H21NO4S2/c1-13(2)12-21(17,18)15-10-16(11-15)22(19,20)9-8-14-6-4-3-5-7-14/h3-9,13,15H,10-12H2,1-2H3/b9-8+. The van der Waals surface area contributed by atoms with Crippen molar-refractivity contribution in [2.24, 2.45) is 5.92 Å². The molecule has 0 atom stereocenters. The molecule has 0 radical (unpaired) electrons. The van der Waals surface area contributed by atoms with E-state index in [1.807, 2.05) is 32.0 Å². The van der Waals surface area contributed by atoms with Gasteiger partial charge in [-0.25, -0.2) is 16.8 Å². The van der Waals surface area contributed by atoms with E-state index in [1.54, 1.807) is 12.1 Å². The second kappa shape index (κ2) is 6.52. The van der Waals surface area contributed by atoms with Crippen LogP contribution in [0.4, 0.5) is 0 Å². The van der Waals surface area contributed by atoms with Crippen molar-refractivity contribution >= 4 is 25.9 Å². The van der Waals surface area contributed by atoms with Crippen LogP contribution >= 0.6 is 0 Å². The molecule has 0 aromatic heterocycles. The van der Waals surface area contributed by atoms with Crippen LogP contribution in [0, 0.1) is 5.92 Å². The first-order chi connectivity index (χ1) is 10.2. The molecule has 0 unspecified atom stereocenters. The van der Waals surface area contributed by atoms with Gasteiger partial charge in [-0.3, -0.25) is 0 Å². The van der Waals surface area contributed by atoms with Crippen LogP contribution in [0.3, 0.4) is 0 Å². The zero-order valence-electron chi connectivity index (χ0n) is 12.7. The zero-order valence-corrected chi connectivity index (χ0v) is 14.3. The smallest absolute Gasteiger partial charge is 0.228 e. The van der Waals surface area contributed by atoms with Crippen LogP contribution in [0.5, 0.6) is 0 Å². The molecule has 1 saturated heterocycles. The van der Waals surface area contributed by atoms with Gasteiger partial charge in [0.05, 0.1) is 11.0 Å². The molecule has 1 aliphatic rings. The summed E-state index contributed by atoms with van der Waals surface area (Å²) in [6, 6.07) is 9.11. The summed E-state index contributed by atoms with van der Waals surface area (Å²) in [5, 5.41) is 0.558. The fourth-order valence-electron chi connectivity index (χ4n) is 2.25. The van der Waals surface area contributed by atoms with Gasteiger partial charge in [0.2, 0.25) is 10.0 Å². The van der Waals surface area contributed by atoms with Gasteiger partial charge in [-0.15, -0.1) is 0 Å². The van der Waals surface area contributed by atoms with E-state index in [0.29, 0.717) is 0 Å². The van der Waals surface area contributed by atoms with Crippen LogP contribution in [-0.2, 0) is 19.9 Å². The zero-order chi connectivity index (χ0) is 16.4. The van der Waals surface area contributed by atoms with E-state index >= 15 is 0 Å². The highest BCUT2D eigenvalue weighted by Crippen LogP contribution is 2.23. The van der Waals surface area contributed by atoms with E-state index in [4.69, 9.17) is 0 Å². The average Bonchev–Trinajstić information content (AvgIpc) is 2.33. The second-order valence-corrected chi connectivity index (χ2v) is 10.1. The third-order valence-electron chi connectivity index (χ3n) is 3.48. The van der Waals surface area contributed by atoms with E-state index in [9.17, 15) is 16.8 Å². The minimum Gasteiger partial charge on any atom is -0.228 e. The lowest BCUT2D eigenvalue weighted by Gasteiger charge is -2.36. The summed E-state index contributed by atoms with van der Waals surface area (Å²) in [4.78, 5) is 0. The molecule has 1 heterocycles. The summed E-state index contributed by atoms with van der Waals surface area (Å²) in [6.45, 7) is 3.79. The molecule has 5 nitrogen and oxygen atoms in total. The van der Waals surface area contributed by atoms with Gasteiger partial charge in [0.1, 0.15) is 0 Å². The highest BCUT2D eigenvalue weighted by molar-refractivity contribution is 7.93. The van der Waals surface area contributed by atoms with Crippen molar-refractivity contribution in [2.75, 3.05) is 18.8 Å². The lowest BCUT2D eigenvalue weighted by atomic mass is 10.2. The van der Waals surface area contributed by atoms with Gasteiger partial charge in [-0.05, 0) is 17.6 Å². The van der Waals surface area contributed by atoms with Crippen LogP contribution in [0.1, 0.15) is 19.4 Å². The quantitative estimate of drug-likeness (QED) is 0.789. The van der Waals surface area contributed by atoms with Crippen molar-refractivity contribution in [1.29, 1.82) is 0 Å². The summed E-state index contributed by atoms with van der Waals surface area (Å²) in [5.74, 6) is 0.152. The Bertz CT molecular complexity index is 731. The molecule has 0 saturated carbocycles. The number of sulfonamides is 1. The van der Waals surface area contributed by atoms with E-state index in [1.165, 1.54) is 10.4 Å². The van der Waals surface area contributed by atoms with Crippen molar-refractivity contribution in [3.05, 3.63) is 41.3 Å². The molecule has 2 rings (SSSR count). The van der Waals surface area contributed by atoms with E-state index in [-0.39, 0.29) is 24.8 Å². The Labute approximate surface area is 132 Å². The summed E-state index contributed by atoms with van der Waals surface area (Å²) in [6.07, 6.45) is 1.52. The minimum absolute atomic E-state index is 0.0497. The molecule has 122 valence electrons. The maximum Gasteiger partial charge on any atom is 0.236 e. The van der Waals surface area contributed by atoms with E-state index in [2.05, 4.69) is 0 Å². The molecule has 0 spiro atoms. The van der Waals surface area contributed by atoms with E-state index < -0.39 is 25.1 Å². The number of rotatable bonds is 6. The third-order valence-corrected chi connectivity index (χ3v) is 7.42. The molecule has 0 bridgehead atoms. The number of nitrogens with zero attached hydrogens (tertiary/aromatic N) is 1. The molecular formula is C15H21NO4S2. The largest absolute Gasteiger partial charge is 0.236 e. The summed E-state index contributed by atoms with van der Waals surface area (Å²) in [7, 11) is -6.77. The van der Waals surface area contributed by atoms with Crippen LogP contribution in [0.25, 0.3) is 6.08 Å². The highest BCUT2D eigenvalue weighted by atomic mass is 32.2. The molecule has 1 fully saturated rings. The summed E-state index contributed by atoms with van der Waals surface area (Å²) < 4.78 is 49.5. The number of hydrogen-bond acceptors (Lipinski definition) is 4. The maximum absolute atomic E-state index is 12.1. The Morgan fingerprint density at radius 1 is 1.14 bits per heavy atom. The molecule has 22 heavy (non-hydrogen) atoms. The summed E-state index contributed by atoms with van der Waals surface area (Å²) in [5.41, 5.74) is 0.788. The van der Waals surface area contributed by atoms with Gasteiger partial charge >= 0.3 is 0 Å². The fourth-order valence-corrected chi connectivity index (χ4v) is 5.73. The van der Waals surface area contributed by atoms with Crippen molar-refractivity contribution in [2.45, 2.75) is 19.1 Å². The Morgan fingerprint density at radius 2 is 1.73 bits per heavy atom. The second-order valence-electron chi connectivity index (χ2n) is 5.92. The van der Waals surface area contributed by atoms with Crippen molar-refractivity contribution in [3.63, 3.8) is 0 Å². The van der Waals surface area contributed by atoms with Gasteiger partial charge in [-0.2, -0.15) is 4.31 Å². The monoisotopic (exact) mass is 343 g/mol. The van der Waals surface area contributed by atoms with Crippen LogP contribution in [0.15, 0.2) is 35.7 Å². The normalized spacial score (nSPS) is 18.0. The van der Waals surface area contributed by atoms with Gasteiger partial charge in [0.15, 0.2) is 9.84 Å². The molecule has 0 aliphatic carbocycles. The molecule has 1 aliphatic heterocycles. The fraction of sp³-hybridized carbons (Fsp3) is 0.467. The first-order valence-corrected chi connectivity index (χ1v) is 10.4. The molecule has 0 amide bonds. The van der Waals surface area contributed by atoms with Gasteiger partial charge in [0.25, 0.3) is 0 Å². The third kappa shape index (κ3) is 4.18. The Hall–Kier alpha value is -1.18. The first-order valence-electron chi connectivity index (χ1n) is 7.15. The van der Waals surface area contributed by atoms with E-state index in [0.717, 1.165) is 11.0 Å². The lowest BCUT2D eigenvalue weighted by Crippen LogP contribution is -2.56. The first kappa shape index (κ1) is 17.2. The number of benzene rings is 1. The van der Waals surface area contributed by atoms with Crippen molar-refractivity contribution in [3.8, 4) is 0 Å². The Kier molecular flexibility index (Phi) is 5.09. The predicted octanol–water partition coefficient (Wildman–Crippen LogP) is 1.74. The van der Waals surface area contributed by atoms with Gasteiger partial charge in [0, 0.05) is 18.5 Å². The number of sulfone groups is 1. The Balaban J connectivity index is 1.99. The maximum atomic E-state index is 12.1.